The number of benzene rings is 2. The van der Waals surface area contributed by atoms with Crippen LogP contribution in [-0.4, -0.2) is 9.97 Å². The molecule has 25 heavy (non-hydrogen) atoms. The van der Waals surface area contributed by atoms with Gasteiger partial charge in [0.2, 0.25) is 0 Å². The van der Waals surface area contributed by atoms with Gasteiger partial charge in [0.15, 0.2) is 0 Å². The molecule has 0 N–H and O–H groups in total. The topological polar surface area (TPSA) is 25.8 Å². The lowest BCUT2D eigenvalue weighted by atomic mass is 9.95. The monoisotopic (exact) mass is 338 g/mol. The first-order valence-corrected chi connectivity index (χ1v) is 7.80. The minimum absolute atomic E-state index is 0.554. The largest absolute Gasteiger partial charge is 0.416 e. The van der Waals surface area contributed by atoms with E-state index in [4.69, 9.17) is 0 Å². The van der Waals surface area contributed by atoms with Crippen LogP contribution >= 0.6 is 0 Å². The molecule has 0 saturated carbocycles. The van der Waals surface area contributed by atoms with Crippen LogP contribution in [-0.2, 0) is 12.6 Å². The lowest BCUT2D eigenvalue weighted by Gasteiger charge is -2.11. The molecule has 0 unspecified atom stereocenters. The summed E-state index contributed by atoms with van der Waals surface area (Å²) in [4.78, 5) is 8.83. The minimum atomic E-state index is -4.34. The Kier molecular flexibility index (Phi) is 3.64. The molecule has 0 fully saturated rings. The highest BCUT2D eigenvalue weighted by Gasteiger charge is 2.31. The Bertz CT molecular complexity index is 943. The molecular formula is C20H13F3N2. The first-order chi connectivity index (χ1) is 12.0. The van der Waals surface area contributed by atoms with E-state index in [-0.39, 0.29) is 0 Å². The maximum Gasteiger partial charge on any atom is 0.416 e. The van der Waals surface area contributed by atoms with Crippen LogP contribution in [0.1, 0.15) is 28.1 Å². The van der Waals surface area contributed by atoms with Gasteiger partial charge in [0.1, 0.15) is 0 Å². The maximum absolute atomic E-state index is 12.8. The van der Waals surface area contributed by atoms with Crippen molar-refractivity contribution in [2.75, 3.05) is 0 Å². The second-order valence-electron chi connectivity index (χ2n) is 5.82. The number of alkyl halides is 3. The first-order valence-electron chi connectivity index (χ1n) is 7.80. The van der Waals surface area contributed by atoms with E-state index < -0.39 is 11.7 Å². The summed E-state index contributed by atoms with van der Waals surface area (Å²) in [5.74, 6) is 0. The highest BCUT2D eigenvalue weighted by atomic mass is 19.4. The van der Waals surface area contributed by atoms with Crippen LogP contribution in [0.5, 0.6) is 0 Å². The Balaban J connectivity index is 1.86. The van der Waals surface area contributed by atoms with Crippen molar-refractivity contribution in [2.45, 2.75) is 12.6 Å². The normalized spacial score (nSPS) is 13.9. The summed E-state index contributed by atoms with van der Waals surface area (Å²) in [7, 11) is 0. The smallest absolute Gasteiger partial charge is 0.257 e. The summed E-state index contributed by atoms with van der Waals surface area (Å²) < 4.78 is 38.5. The molecule has 124 valence electrons. The van der Waals surface area contributed by atoms with E-state index in [1.807, 2.05) is 30.3 Å². The van der Waals surface area contributed by atoms with Crippen LogP contribution in [0.4, 0.5) is 13.2 Å². The van der Waals surface area contributed by atoms with E-state index in [0.29, 0.717) is 6.42 Å². The SMILES string of the molecule is FC(F)(F)c1ccc(C2=C(c3ccccc3)c3nccnc3C2)cc1. The highest BCUT2D eigenvalue weighted by Crippen LogP contribution is 2.40. The van der Waals surface area contributed by atoms with Gasteiger partial charge in [-0.25, -0.2) is 0 Å². The average Bonchev–Trinajstić information content (AvgIpc) is 3.01. The van der Waals surface area contributed by atoms with Crippen LogP contribution in [0.2, 0.25) is 0 Å². The molecule has 1 aliphatic rings. The van der Waals surface area contributed by atoms with Crippen LogP contribution in [0, 0.1) is 0 Å². The van der Waals surface area contributed by atoms with E-state index >= 15 is 0 Å². The summed E-state index contributed by atoms with van der Waals surface area (Å²) >= 11 is 0. The fourth-order valence-electron chi connectivity index (χ4n) is 3.13. The average molecular weight is 338 g/mol. The number of allylic oxidation sites excluding steroid dienone is 1. The number of aromatic nitrogens is 2. The lowest BCUT2D eigenvalue weighted by molar-refractivity contribution is -0.137. The van der Waals surface area contributed by atoms with Gasteiger partial charge in [-0.2, -0.15) is 13.2 Å². The van der Waals surface area contributed by atoms with E-state index in [2.05, 4.69) is 9.97 Å². The van der Waals surface area contributed by atoms with Gasteiger partial charge >= 0.3 is 6.18 Å². The Hall–Kier alpha value is -2.95. The van der Waals surface area contributed by atoms with Crippen molar-refractivity contribution < 1.29 is 13.2 Å². The minimum Gasteiger partial charge on any atom is -0.257 e. The van der Waals surface area contributed by atoms with Crippen molar-refractivity contribution >= 4 is 11.1 Å². The van der Waals surface area contributed by atoms with Gasteiger partial charge < -0.3 is 0 Å². The quantitative estimate of drug-likeness (QED) is 0.656. The Labute approximate surface area is 142 Å². The summed E-state index contributed by atoms with van der Waals surface area (Å²) in [6, 6.07) is 15.0. The van der Waals surface area contributed by atoms with Crippen molar-refractivity contribution in [1.29, 1.82) is 0 Å². The predicted molar refractivity (Wildman–Crippen MR) is 89.5 cm³/mol. The first kappa shape index (κ1) is 15.6. The van der Waals surface area contributed by atoms with Gasteiger partial charge in [-0.15, -0.1) is 0 Å². The van der Waals surface area contributed by atoms with E-state index in [1.165, 1.54) is 12.1 Å². The number of hydrogen-bond acceptors (Lipinski definition) is 2. The van der Waals surface area contributed by atoms with Gasteiger partial charge in [0.05, 0.1) is 17.0 Å². The third kappa shape index (κ3) is 2.82. The molecule has 1 aliphatic carbocycles. The molecule has 0 aliphatic heterocycles. The van der Waals surface area contributed by atoms with Crippen molar-refractivity contribution in [3.8, 4) is 0 Å². The number of hydrogen-bond donors (Lipinski definition) is 0. The number of fused-ring (bicyclic) bond motifs is 1. The summed E-state index contributed by atoms with van der Waals surface area (Å²) in [5, 5.41) is 0. The Morgan fingerprint density at radius 2 is 1.44 bits per heavy atom. The van der Waals surface area contributed by atoms with Crippen molar-refractivity contribution in [2.24, 2.45) is 0 Å². The predicted octanol–water partition coefficient (Wildman–Crippen LogP) is 5.01. The second-order valence-corrected chi connectivity index (χ2v) is 5.82. The summed E-state index contributed by atoms with van der Waals surface area (Å²) in [6.07, 6.45) is -0.510. The van der Waals surface area contributed by atoms with Gasteiger partial charge in [-0.1, -0.05) is 42.5 Å². The highest BCUT2D eigenvalue weighted by molar-refractivity contribution is 6.02. The second kappa shape index (κ2) is 5.84. The molecular weight excluding hydrogens is 325 g/mol. The molecule has 0 bridgehead atoms. The fraction of sp³-hybridized carbons (Fsp3) is 0.100. The van der Waals surface area contributed by atoms with Crippen LogP contribution in [0.15, 0.2) is 67.0 Å². The van der Waals surface area contributed by atoms with E-state index in [1.54, 1.807) is 12.4 Å². The number of halogens is 3. The maximum atomic E-state index is 12.8. The van der Waals surface area contributed by atoms with Crippen molar-refractivity contribution in [1.82, 2.24) is 9.97 Å². The third-order valence-electron chi connectivity index (χ3n) is 4.28. The standard InChI is InChI=1S/C20H13F3N2/c21-20(22,23)15-8-6-13(7-9-15)16-12-17-19(25-11-10-24-17)18(16)14-4-2-1-3-5-14/h1-11H,12H2. The summed E-state index contributed by atoms with van der Waals surface area (Å²) in [5.41, 5.74) is 4.61. The van der Waals surface area contributed by atoms with Crippen molar-refractivity contribution in [3.05, 3.63) is 95.1 Å². The van der Waals surface area contributed by atoms with Gasteiger partial charge in [-0.05, 0) is 28.8 Å². The molecule has 0 atom stereocenters. The number of rotatable bonds is 2. The fourth-order valence-corrected chi connectivity index (χ4v) is 3.13. The Morgan fingerprint density at radius 1 is 0.760 bits per heavy atom. The molecule has 3 aromatic rings. The van der Waals surface area contributed by atoms with E-state index in [9.17, 15) is 13.2 Å². The molecule has 5 heteroatoms. The zero-order valence-corrected chi connectivity index (χ0v) is 13.1. The van der Waals surface area contributed by atoms with Gasteiger partial charge in [0, 0.05) is 24.4 Å². The van der Waals surface area contributed by atoms with Crippen LogP contribution in [0.3, 0.4) is 0 Å². The molecule has 0 radical (unpaired) electrons. The molecule has 0 saturated heterocycles. The number of nitrogens with zero attached hydrogens (tertiary/aromatic N) is 2. The zero-order valence-electron chi connectivity index (χ0n) is 13.1. The molecule has 0 spiro atoms. The molecule has 1 aromatic heterocycles. The molecule has 1 heterocycles. The molecule has 2 nitrogen and oxygen atoms in total. The molecule has 0 amide bonds. The summed E-state index contributed by atoms with van der Waals surface area (Å²) in [6.45, 7) is 0. The molecule has 2 aromatic carbocycles. The molecule has 4 rings (SSSR count). The zero-order chi connectivity index (χ0) is 17.4. The van der Waals surface area contributed by atoms with Crippen molar-refractivity contribution in [3.63, 3.8) is 0 Å². The van der Waals surface area contributed by atoms with Crippen LogP contribution in [0.25, 0.3) is 11.1 Å². The third-order valence-corrected chi connectivity index (χ3v) is 4.28. The van der Waals surface area contributed by atoms with E-state index in [0.717, 1.165) is 45.8 Å². The van der Waals surface area contributed by atoms with Crippen LogP contribution < -0.4 is 0 Å². The van der Waals surface area contributed by atoms with Gasteiger partial charge in [-0.3, -0.25) is 9.97 Å². The van der Waals surface area contributed by atoms with Gasteiger partial charge in [0.25, 0.3) is 0 Å². The Morgan fingerprint density at radius 3 is 2.12 bits per heavy atom. The lowest BCUT2D eigenvalue weighted by Crippen LogP contribution is -2.04.